The van der Waals surface area contributed by atoms with Gasteiger partial charge in [-0.25, -0.2) is 9.59 Å². The molecule has 0 aliphatic heterocycles. The van der Waals surface area contributed by atoms with Crippen molar-refractivity contribution in [2.24, 2.45) is 0 Å². The summed E-state index contributed by atoms with van der Waals surface area (Å²) >= 11 is 12.2. The van der Waals surface area contributed by atoms with E-state index in [2.05, 4.69) is 35.8 Å². The number of urea groups is 1. The second-order valence-electron chi connectivity index (χ2n) is 11.1. The average molecular weight is 675 g/mol. The van der Waals surface area contributed by atoms with E-state index in [4.69, 9.17) is 28.3 Å². The van der Waals surface area contributed by atoms with Crippen LogP contribution < -0.4 is 15.5 Å². The Balaban J connectivity index is 0.000000632. The molecular weight excluding hydrogens is 637 g/mol. The maximum atomic E-state index is 13.5. The van der Waals surface area contributed by atoms with E-state index in [1.807, 2.05) is 42.5 Å². The molecule has 0 saturated carbocycles. The van der Waals surface area contributed by atoms with E-state index in [0.29, 0.717) is 21.4 Å². The summed E-state index contributed by atoms with van der Waals surface area (Å²) in [5, 5.41) is 24.2. The van der Waals surface area contributed by atoms with E-state index < -0.39 is 30.6 Å². The van der Waals surface area contributed by atoms with Gasteiger partial charge in [0.2, 0.25) is 0 Å². The van der Waals surface area contributed by atoms with E-state index >= 15 is 0 Å². The number of amides is 3. The van der Waals surface area contributed by atoms with Crippen LogP contribution in [0, 0.1) is 6.92 Å². The highest BCUT2D eigenvalue weighted by molar-refractivity contribution is 6.35. The number of aliphatic carboxylic acids is 1. The molecule has 1 aliphatic rings. The van der Waals surface area contributed by atoms with Crippen LogP contribution >= 0.6 is 23.2 Å². The van der Waals surface area contributed by atoms with Crippen molar-refractivity contribution in [2.45, 2.75) is 45.3 Å². The summed E-state index contributed by atoms with van der Waals surface area (Å²) in [6.45, 7) is 1.87. The van der Waals surface area contributed by atoms with E-state index in [0.717, 1.165) is 24.0 Å². The van der Waals surface area contributed by atoms with Crippen molar-refractivity contribution in [3.8, 4) is 0 Å². The number of nitrogens with one attached hydrogen (secondary N) is 2. The van der Waals surface area contributed by atoms with Gasteiger partial charge in [0.25, 0.3) is 5.91 Å². The van der Waals surface area contributed by atoms with Crippen LogP contribution in [0.15, 0.2) is 103 Å². The minimum absolute atomic E-state index is 0.196. The molecule has 3 amide bonds. The average Bonchev–Trinajstić information content (AvgIpc) is 3.07. The molecule has 0 bridgehead atoms. The summed E-state index contributed by atoms with van der Waals surface area (Å²) in [5.41, 5.74) is 5.93. The van der Waals surface area contributed by atoms with Crippen LogP contribution in [-0.2, 0) is 11.3 Å². The standard InChI is InChI=1S/C30H29Cl2N3O5.C7H8/c31-23-14-24(32)16-25(15-23)34-30(40)35(26-12-10-21(11-13-26)20-4-2-1-3-5-20)18-19-6-8-22(9-7-19)28(37)33-17-27(36)29(38)39;1-7-5-3-2-4-6-7/h4,6-16,27,36H,1-3,5,17-18H2,(H,33,37)(H,34,40)(H,38,39);2-6H,1H3. The zero-order valence-electron chi connectivity index (χ0n) is 26.0. The largest absolute Gasteiger partial charge is 0.479 e. The molecule has 0 spiro atoms. The van der Waals surface area contributed by atoms with Crippen LogP contribution in [0.5, 0.6) is 0 Å². The first-order chi connectivity index (χ1) is 22.6. The number of aliphatic hydroxyl groups excluding tert-OH is 1. The van der Waals surface area contributed by atoms with Gasteiger partial charge >= 0.3 is 12.0 Å². The molecule has 0 radical (unpaired) electrons. The lowest BCUT2D eigenvalue weighted by Gasteiger charge is -2.24. The van der Waals surface area contributed by atoms with E-state index in [1.54, 1.807) is 47.4 Å². The number of carbonyl (C=O) groups is 3. The molecule has 4 aromatic rings. The van der Waals surface area contributed by atoms with Gasteiger partial charge in [-0.3, -0.25) is 9.69 Å². The normalized spacial score (nSPS) is 12.9. The number of hydrogen-bond donors (Lipinski definition) is 4. The monoisotopic (exact) mass is 673 g/mol. The lowest BCUT2D eigenvalue weighted by molar-refractivity contribution is -0.146. The molecule has 1 unspecified atom stereocenters. The maximum Gasteiger partial charge on any atom is 0.334 e. The maximum absolute atomic E-state index is 13.5. The lowest BCUT2D eigenvalue weighted by atomic mass is 9.93. The summed E-state index contributed by atoms with van der Waals surface area (Å²) in [4.78, 5) is 38.2. The zero-order valence-corrected chi connectivity index (χ0v) is 27.5. The molecule has 244 valence electrons. The highest BCUT2D eigenvalue weighted by atomic mass is 35.5. The fourth-order valence-electron chi connectivity index (χ4n) is 4.91. The number of carboxylic acid groups (broad SMARTS) is 1. The van der Waals surface area contributed by atoms with Gasteiger partial charge in [-0.1, -0.05) is 89.4 Å². The first kappa shape index (κ1) is 35.2. The van der Waals surface area contributed by atoms with Gasteiger partial charge in [0, 0.05) is 27.0 Å². The van der Waals surface area contributed by atoms with Crippen LogP contribution in [-0.4, -0.2) is 40.8 Å². The number of halogens is 2. The molecule has 0 aromatic heterocycles. The van der Waals surface area contributed by atoms with E-state index in [9.17, 15) is 19.5 Å². The number of aryl methyl sites for hydroxylation is 1. The van der Waals surface area contributed by atoms with E-state index in [1.165, 1.54) is 24.0 Å². The number of rotatable bonds is 9. The van der Waals surface area contributed by atoms with Crippen molar-refractivity contribution in [1.29, 1.82) is 0 Å². The third-order valence-corrected chi connectivity index (χ3v) is 7.87. The molecule has 4 N–H and O–H groups in total. The van der Waals surface area contributed by atoms with Crippen LogP contribution in [0.1, 0.15) is 52.7 Å². The van der Waals surface area contributed by atoms with Gasteiger partial charge in [0.1, 0.15) is 0 Å². The molecule has 5 rings (SSSR count). The van der Waals surface area contributed by atoms with Crippen molar-refractivity contribution in [3.05, 3.63) is 135 Å². The number of carbonyl (C=O) groups excluding carboxylic acids is 2. The number of allylic oxidation sites excluding steroid dienone is 2. The number of carboxylic acids is 1. The Kier molecular flexibility index (Phi) is 13.0. The van der Waals surface area contributed by atoms with Gasteiger partial charge in [-0.2, -0.15) is 0 Å². The predicted molar refractivity (Wildman–Crippen MR) is 188 cm³/mol. The fourth-order valence-corrected chi connectivity index (χ4v) is 5.44. The summed E-state index contributed by atoms with van der Waals surface area (Å²) in [7, 11) is 0. The molecule has 4 aromatic carbocycles. The first-order valence-electron chi connectivity index (χ1n) is 15.2. The molecule has 10 heteroatoms. The third kappa shape index (κ3) is 11.0. The minimum atomic E-state index is -1.69. The number of nitrogens with zero attached hydrogens (tertiary/aromatic N) is 1. The molecule has 8 nitrogen and oxygen atoms in total. The number of benzene rings is 4. The van der Waals surface area contributed by atoms with Crippen LogP contribution in [0.2, 0.25) is 10.0 Å². The first-order valence-corrected chi connectivity index (χ1v) is 16.0. The van der Waals surface area contributed by atoms with Gasteiger partial charge in [0.05, 0.1) is 13.1 Å². The molecule has 1 aliphatic carbocycles. The second-order valence-corrected chi connectivity index (χ2v) is 12.0. The van der Waals surface area contributed by atoms with Gasteiger partial charge in [-0.05, 0) is 91.8 Å². The van der Waals surface area contributed by atoms with Crippen molar-refractivity contribution >= 4 is 58.1 Å². The Hall–Kier alpha value is -4.63. The highest BCUT2D eigenvalue weighted by Crippen LogP contribution is 2.29. The van der Waals surface area contributed by atoms with E-state index in [-0.39, 0.29) is 12.1 Å². The Bertz CT molecular complexity index is 1670. The lowest BCUT2D eigenvalue weighted by Crippen LogP contribution is -2.36. The SMILES string of the molecule is Cc1ccccc1.O=C(NCC(O)C(=O)O)c1ccc(CN(C(=O)Nc2cc(Cl)cc(Cl)c2)c2ccc(C3=CCCCC3)cc2)cc1. The van der Waals surface area contributed by atoms with Gasteiger partial charge < -0.3 is 20.8 Å². The topological polar surface area (TPSA) is 119 Å². The fraction of sp³-hybridized carbons (Fsp3) is 0.216. The Morgan fingerprint density at radius 2 is 1.53 bits per heavy atom. The van der Waals surface area contributed by atoms with Crippen LogP contribution in [0.25, 0.3) is 5.57 Å². The number of aliphatic hydroxyl groups is 1. The van der Waals surface area contributed by atoms with Crippen molar-refractivity contribution in [3.63, 3.8) is 0 Å². The molecule has 0 heterocycles. The van der Waals surface area contributed by atoms with Crippen molar-refractivity contribution < 1.29 is 24.6 Å². The molecular formula is C37H37Cl2N3O5. The summed E-state index contributed by atoms with van der Waals surface area (Å²) < 4.78 is 0. The quantitative estimate of drug-likeness (QED) is 0.142. The highest BCUT2D eigenvalue weighted by Gasteiger charge is 2.19. The molecule has 0 saturated heterocycles. The zero-order chi connectivity index (χ0) is 33.8. The smallest absolute Gasteiger partial charge is 0.334 e. The Labute approximate surface area is 284 Å². The van der Waals surface area contributed by atoms with Crippen molar-refractivity contribution in [1.82, 2.24) is 5.32 Å². The predicted octanol–water partition coefficient (Wildman–Crippen LogP) is 8.36. The van der Waals surface area contributed by atoms with Crippen LogP contribution in [0.3, 0.4) is 0 Å². The Morgan fingerprint density at radius 1 is 0.872 bits per heavy atom. The molecule has 1 atom stereocenters. The second kappa shape index (κ2) is 17.3. The van der Waals surface area contributed by atoms with Gasteiger partial charge in [0.15, 0.2) is 6.10 Å². The minimum Gasteiger partial charge on any atom is -0.479 e. The number of hydrogen-bond acceptors (Lipinski definition) is 4. The summed E-state index contributed by atoms with van der Waals surface area (Å²) in [5.74, 6) is -1.94. The third-order valence-electron chi connectivity index (χ3n) is 7.44. The van der Waals surface area contributed by atoms with Crippen molar-refractivity contribution in [2.75, 3.05) is 16.8 Å². The van der Waals surface area contributed by atoms with Crippen LogP contribution in [0.4, 0.5) is 16.2 Å². The van der Waals surface area contributed by atoms with Gasteiger partial charge in [-0.15, -0.1) is 0 Å². The Morgan fingerprint density at radius 3 is 2.09 bits per heavy atom. The molecule has 0 fully saturated rings. The summed E-state index contributed by atoms with van der Waals surface area (Å²) in [6, 6.07) is 29.1. The number of anilines is 2. The summed E-state index contributed by atoms with van der Waals surface area (Å²) in [6.07, 6.45) is 5.06. The molecule has 47 heavy (non-hydrogen) atoms.